The van der Waals surface area contributed by atoms with Crippen molar-refractivity contribution >= 4 is 11.6 Å². The lowest BCUT2D eigenvalue weighted by atomic mass is 9.99. The summed E-state index contributed by atoms with van der Waals surface area (Å²) in [5, 5.41) is 2.99. The number of nitrogens with one attached hydrogen (secondary N) is 1. The second-order valence-electron chi connectivity index (χ2n) is 7.96. The molecule has 0 radical (unpaired) electrons. The van der Waals surface area contributed by atoms with Crippen molar-refractivity contribution in [1.29, 1.82) is 0 Å². The number of rotatable bonds is 7. The van der Waals surface area contributed by atoms with Crippen LogP contribution in [0.1, 0.15) is 51.6 Å². The Morgan fingerprint density at radius 2 is 1.97 bits per heavy atom. The van der Waals surface area contributed by atoms with Crippen molar-refractivity contribution < 1.29 is 13.9 Å². The summed E-state index contributed by atoms with van der Waals surface area (Å²) in [5.74, 6) is 0.121. The van der Waals surface area contributed by atoms with Crippen LogP contribution >= 0.6 is 0 Å². The molecule has 1 heterocycles. The second kappa shape index (κ2) is 9.77. The van der Waals surface area contributed by atoms with Crippen molar-refractivity contribution in [3.63, 3.8) is 0 Å². The fourth-order valence-electron chi connectivity index (χ4n) is 3.80. The first-order valence-corrected chi connectivity index (χ1v) is 10.5. The van der Waals surface area contributed by atoms with Crippen LogP contribution in [-0.4, -0.2) is 25.1 Å². The monoisotopic (exact) mass is 398 g/mol. The largest absolute Gasteiger partial charge is 0.478 e. The first kappa shape index (κ1) is 21.2. The minimum atomic E-state index is -0.733. The summed E-state index contributed by atoms with van der Waals surface area (Å²) in [6.07, 6.45) is 2.25. The molecule has 3 atom stereocenters. The smallest absolute Gasteiger partial charge is 0.261 e. The maximum absolute atomic E-state index is 13.8. The lowest BCUT2D eigenvalue weighted by molar-refractivity contribution is -0.128. The zero-order chi connectivity index (χ0) is 20.8. The molecule has 5 heteroatoms. The van der Waals surface area contributed by atoms with E-state index in [9.17, 15) is 9.18 Å². The van der Waals surface area contributed by atoms with Gasteiger partial charge in [0.25, 0.3) is 5.91 Å². The van der Waals surface area contributed by atoms with Gasteiger partial charge in [0.15, 0.2) is 17.7 Å². The van der Waals surface area contributed by atoms with Crippen molar-refractivity contribution in [3.05, 3.63) is 59.9 Å². The Labute approximate surface area is 173 Å². The van der Waals surface area contributed by atoms with E-state index in [0.29, 0.717) is 6.42 Å². The van der Waals surface area contributed by atoms with E-state index in [2.05, 4.69) is 41.4 Å². The standard InChI is InChI=1S/C24H31FN2O2/c1-4-22(29-23-10-6-5-9-21(23)25)24(28)26-18(3)19-11-13-20(14-12-19)27-15-7-8-17(2)16-27/h5-6,9-14,17-18,22H,4,7-8,15-16H2,1-3H3,(H,26,28)/t17-,18+,22-/m1/s1. The highest BCUT2D eigenvalue weighted by molar-refractivity contribution is 5.81. The molecule has 3 rings (SSSR count). The molecule has 0 saturated carbocycles. The van der Waals surface area contributed by atoms with Gasteiger partial charge in [-0.2, -0.15) is 0 Å². The summed E-state index contributed by atoms with van der Waals surface area (Å²) in [4.78, 5) is 15.1. The van der Waals surface area contributed by atoms with E-state index >= 15 is 0 Å². The van der Waals surface area contributed by atoms with Crippen LogP contribution in [0.4, 0.5) is 10.1 Å². The number of amides is 1. The molecule has 1 aliphatic heterocycles. The average molecular weight is 399 g/mol. The molecule has 0 bridgehead atoms. The Kier molecular flexibility index (Phi) is 7.13. The van der Waals surface area contributed by atoms with Gasteiger partial charge in [0.1, 0.15) is 0 Å². The Morgan fingerprint density at radius 1 is 1.24 bits per heavy atom. The number of para-hydroxylation sites is 1. The van der Waals surface area contributed by atoms with E-state index in [4.69, 9.17) is 4.74 Å². The quantitative estimate of drug-likeness (QED) is 0.706. The van der Waals surface area contributed by atoms with E-state index in [-0.39, 0.29) is 17.7 Å². The fraction of sp³-hybridized carbons (Fsp3) is 0.458. The Morgan fingerprint density at radius 3 is 2.62 bits per heavy atom. The van der Waals surface area contributed by atoms with Gasteiger partial charge >= 0.3 is 0 Å². The highest BCUT2D eigenvalue weighted by Crippen LogP contribution is 2.25. The number of carbonyl (C=O) groups excluding carboxylic acids is 1. The van der Waals surface area contributed by atoms with Gasteiger partial charge in [0.05, 0.1) is 6.04 Å². The molecule has 2 aromatic carbocycles. The molecule has 1 amide bonds. The van der Waals surface area contributed by atoms with Gasteiger partial charge in [-0.25, -0.2) is 4.39 Å². The number of hydrogen-bond acceptors (Lipinski definition) is 3. The van der Waals surface area contributed by atoms with E-state index in [1.165, 1.54) is 30.7 Å². The van der Waals surface area contributed by atoms with Crippen LogP contribution in [0, 0.1) is 11.7 Å². The van der Waals surface area contributed by atoms with E-state index in [1.807, 2.05) is 13.8 Å². The minimum absolute atomic E-state index is 0.0993. The Hall–Kier alpha value is -2.56. The summed E-state index contributed by atoms with van der Waals surface area (Å²) in [5.41, 5.74) is 2.26. The van der Waals surface area contributed by atoms with Gasteiger partial charge in [-0.1, -0.05) is 38.1 Å². The molecule has 1 saturated heterocycles. The van der Waals surface area contributed by atoms with Crippen LogP contribution in [0.2, 0.25) is 0 Å². The maximum Gasteiger partial charge on any atom is 0.261 e. The van der Waals surface area contributed by atoms with Crippen molar-refractivity contribution in [2.45, 2.75) is 52.2 Å². The number of carbonyl (C=O) groups is 1. The third-order valence-electron chi connectivity index (χ3n) is 5.54. The molecule has 0 aliphatic carbocycles. The second-order valence-corrected chi connectivity index (χ2v) is 7.96. The van der Waals surface area contributed by atoms with Crippen LogP contribution in [0.5, 0.6) is 5.75 Å². The number of anilines is 1. The molecule has 1 fully saturated rings. The van der Waals surface area contributed by atoms with Gasteiger partial charge in [0, 0.05) is 18.8 Å². The lowest BCUT2D eigenvalue weighted by Gasteiger charge is -2.33. The highest BCUT2D eigenvalue weighted by Gasteiger charge is 2.22. The molecule has 2 aromatic rings. The normalized spacial score (nSPS) is 18.8. The van der Waals surface area contributed by atoms with Gasteiger partial charge in [0.2, 0.25) is 0 Å². The molecular formula is C24H31FN2O2. The van der Waals surface area contributed by atoms with Crippen LogP contribution in [0.3, 0.4) is 0 Å². The van der Waals surface area contributed by atoms with Crippen LogP contribution in [0.25, 0.3) is 0 Å². The Balaban J connectivity index is 1.60. The number of benzene rings is 2. The number of ether oxygens (including phenoxy) is 1. The number of halogens is 1. The Bertz CT molecular complexity index is 809. The maximum atomic E-state index is 13.8. The van der Waals surface area contributed by atoms with Gasteiger partial charge in [-0.3, -0.25) is 4.79 Å². The summed E-state index contributed by atoms with van der Waals surface area (Å²) < 4.78 is 19.4. The van der Waals surface area contributed by atoms with E-state index < -0.39 is 11.9 Å². The topological polar surface area (TPSA) is 41.6 Å². The van der Waals surface area contributed by atoms with Crippen LogP contribution in [0.15, 0.2) is 48.5 Å². The molecular weight excluding hydrogens is 367 g/mol. The molecule has 1 N–H and O–H groups in total. The molecule has 1 aliphatic rings. The fourth-order valence-corrected chi connectivity index (χ4v) is 3.80. The highest BCUT2D eigenvalue weighted by atomic mass is 19.1. The number of piperidine rings is 1. The third-order valence-corrected chi connectivity index (χ3v) is 5.54. The zero-order valence-electron chi connectivity index (χ0n) is 17.5. The SMILES string of the molecule is CC[C@@H](Oc1ccccc1F)C(=O)N[C@@H](C)c1ccc(N2CCC[C@@H](C)C2)cc1. The van der Waals surface area contributed by atoms with Crippen LogP contribution < -0.4 is 15.0 Å². The molecule has 156 valence electrons. The average Bonchev–Trinajstić information content (AvgIpc) is 2.73. The van der Waals surface area contributed by atoms with Crippen molar-refractivity contribution in [1.82, 2.24) is 5.32 Å². The number of hydrogen-bond donors (Lipinski definition) is 1. The molecule has 29 heavy (non-hydrogen) atoms. The predicted molar refractivity (Wildman–Crippen MR) is 115 cm³/mol. The third kappa shape index (κ3) is 5.49. The van der Waals surface area contributed by atoms with E-state index in [1.54, 1.807) is 12.1 Å². The predicted octanol–water partition coefficient (Wildman–Crippen LogP) is 5.10. The molecule has 0 aromatic heterocycles. The van der Waals surface area contributed by atoms with Gasteiger partial charge in [-0.15, -0.1) is 0 Å². The number of nitrogens with zero attached hydrogens (tertiary/aromatic N) is 1. The summed E-state index contributed by atoms with van der Waals surface area (Å²) in [7, 11) is 0. The molecule has 4 nitrogen and oxygen atoms in total. The minimum Gasteiger partial charge on any atom is -0.478 e. The first-order chi connectivity index (χ1) is 14.0. The van der Waals surface area contributed by atoms with Crippen molar-refractivity contribution in [2.24, 2.45) is 5.92 Å². The zero-order valence-corrected chi connectivity index (χ0v) is 17.5. The van der Waals surface area contributed by atoms with Crippen molar-refractivity contribution in [2.75, 3.05) is 18.0 Å². The summed E-state index contributed by atoms with van der Waals surface area (Å²) in [6.45, 7) is 8.29. The lowest BCUT2D eigenvalue weighted by Crippen LogP contribution is -2.39. The van der Waals surface area contributed by atoms with Crippen molar-refractivity contribution in [3.8, 4) is 5.75 Å². The molecule has 0 unspecified atom stereocenters. The summed E-state index contributed by atoms with van der Waals surface area (Å²) >= 11 is 0. The van der Waals surface area contributed by atoms with E-state index in [0.717, 1.165) is 24.6 Å². The molecule has 0 spiro atoms. The van der Waals surface area contributed by atoms with Gasteiger partial charge in [-0.05, 0) is 61.9 Å². The van der Waals surface area contributed by atoms with Crippen LogP contribution in [-0.2, 0) is 4.79 Å². The van der Waals surface area contributed by atoms with Gasteiger partial charge < -0.3 is 15.0 Å². The summed E-state index contributed by atoms with van der Waals surface area (Å²) in [6, 6.07) is 14.4. The first-order valence-electron chi connectivity index (χ1n) is 10.5.